The van der Waals surface area contributed by atoms with Gasteiger partial charge in [0.2, 0.25) is 0 Å². The summed E-state index contributed by atoms with van der Waals surface area (Å²) in [6.45, 7) is 4.23. The second-order valence-corrected chi connectivity index (χ2v) is 9.08. The minimum absolute atomic E-state index is 0.198. The largest absolute Gasteiger partial charge is 0.497 e. The van der Waals surface area contributed by atoms with Crippen molar-refractivity contribution in [3.8, 4) is 11.5 Å². The Morgan fingerprint density at radius 1 is 1.13 bits per heavy atom. The fourth-order valence-corrected chi connectivity index (χ4v) is 5.03. The molecular weight excluding hydrogens is 438 g/mol. The average molecular weight is 464 g/mol. The number of amides is 1. The van der Waals surface area contributed by atoms with Gasteiger partial charge in [-0.25, -0.2) is 4.79 Å². The van der Waals surface area contributed by atoms with Crippen LogP contribution >= 0.6 is 23.4 Å². The smallest absolute Gasteiger partial charge is 0.329 e. The van der Waals surface area contributed by atoms with Crippen molar-refractivity contribution in [3.63, 3.8) is 0 Å². The molecule has 1 fully saturated rings. The summed E-state index contributed by atoms with van der Waals surface area (Å²) in [4.78, 5) is 28.1. The molecule has 1 aliphatic heterocycles. The molecule has 0 N–H and O–H groups in total. The molecule has 2 aromatic rings. The van der Waals surface area contributed by atoms with Crippen LogP contribution in [0.3, 0.4) is 0 Å². The number of hydrogen-bond donors (Lipinski definition) is 0. The molecule has 0 saturated carbocycles. The molecule has 3 rings (SSSR count). The van der Waals surface area contributed by atoms with Crippen molar-refractivity contribution in [1.29, 1.82) is 0 Å². The highest BCUT2D eigenvalue weighted by atomic mass is 35.5. The number of carbonyl (C=O) groups is 2. The van der Waals surface area contributed by atoms with Crippen molar-refractivity contribution in [1.82, 2.24) is 4.90 Å². The molecule has 2 atom stereocenters. The van der Waals surface area contributed by atoms with Crippen LogP contribution < -0.4 is 9.47 Å². The third kappa shape index (κ3) is 5.28. The van der Waals surface area contributed by atoms with Crippen molar-refractivity contribution < 1.29 is 23.8 Å². The van der Waals surface area contributed by atoms with Crippen molar-refractivity contribution in [2.75, 3.05) is 26.6 Å². The van der Waals surface area contributed by atoms with Gasteiger partial charge in [0.1, 0.15) is 22.9 Å². The topological polar surface area (TPSA) is 65.1 Å². The van der Waals surface area contributed by atoms with E-state index in [0.29, 0.717) is 34.4 Å². The molecule has 0 aliphatic carbocycles. The second-order valence-electron chi connectivity index (χ2n) is 7.56. The van der Waals surface area contributed by atoms with Gasteiger partial charge < -0.3 is 19.1 Å². The van der Waals surface area contributed by atoms with Crippen LogP contribution in [-0.2, 0) is 9.53 Å². The lowest BCUT2D eigenvalue weighted by molar-refractivity contribution is -0.149. The van der Waals surface area contributed by atoms with E-state index in [1.807, 2.05) is 32.0 Å². The summed E-state index contributed by atoms with van der Waals surface area (Å²) in [6.07, 6.45) is 0. The Hall–Kier alpha value is -2.38. The van der Waals surface area contributed by atoms with Gasteiger partial charge in [0, 0.05) is 28.0 Å². The SMILES string of the molecule is COc1cc(OC)cc(C(=O)N2C(C(=O)OCC(C)C)CSC2c2ccccc2Cl)c1. The number of rotatable bonds is 7. The van der Waals surface area contributed by atoms with Gasteiger partial charge in [-0.05, 0) is 24.1 Å². The molecule has 1 saturated heterocycles. The Morgan fingerprint density at radius 2 is 1.77 bits per heavy atom. The van der Waals surface area contributed by atoms with E-state index in [2.05, 4.69) is 0 Å². The summed E-state index contributed by atoms with van der Waals surface area (Å²) >= 11 is 7.93. The minimum Gasteiger partial charge on any atom is -0.497 e. The highest BCUT2D eigenvalue weighted by molar-refractivity contribution is 7.99. The van der Waals surface area contributed by atoms with Crippen LogP contribution in [0.15, 0.2) is 42.5 Å². The summed E-state index contributed by atoms with van der Waals surface area (Å²) in [5, 5.41) is 0.118. The van der Waals surface area contributed by atoms with Crippen LogP contribution in [0.4, 0.5) is 0 Å². The Morgan fingerprint density at radius 3 is 2.35 bits per heavy atom. The maximum atomic E-state index is 13.7. The summed E-state index contributed by atoms with van der Waals surface area (Å²) in [5.74, 6) is 0.854. The van der Waals surface area contributed by atoms with Gasteiger partial charge in [0.15, 0.2) is 0 Å². The Kier molecular flexibility index (Phi) is 7.73. The Balaban J connectivity index is 2.01. The number of nitrogens with zero attached hydrogens (tertiary/aromatic N) is 1. The predicted octanol–water partition coefficient (Wildman–Crippen LogP) is 4.81. The zero-order chi connectivity index (χ0) is 22.5. The Bertz CT molecular complexity index is 929. The molecule has 2 unspecified atom stereocenters. The molecule has 166 valence electrons. The molecule has 8 heteroatoms. The summed E-state index contributed by atoms with van der Waals surface area (Å²) in [7, 11) is 3.04. The first kappa shape index (κ1) is 23.3. The van der Waals surface area contributed by atoms with Crippen molar-refractivity contribution in [2.45, 2.75) is 25.3 Å². The molecule has 31 heavy (non-hydrogen) atoms. The van der Waals surface area contributed by atoms with Crippen LogP contribution in [0.5, 0.6) is 11.5 Å². The van der Waals surface area contributed by atoms with Gasteiger partial charge in [-0.2, -0.15) is 0 Å². The first-order chi connectivity index (χ1) is 14.8. The summed E-state index contributed by atoms with van der Waals surface area (Å²) < 4.78 is 16.1. The standard InChI is InChI=1S/C23H26ClNO5S/c1-14(2)12-30-23(27)20-13-31-22(18-7-5-6-8-19(18)24)25(20)21(26)15-9-16(28-3)11-17(10-15)29-4/h5-11,14,20,22H,12-13H2,1-4H3. The molecule has 1 heterocycles. The number of ether oxygens (including phenoxy) is 3. The van der Waals surface area contributed by atoms with Crippen LogP contribution in [0.25, 0.3) is 0 Å². The van der Waals surface area contributed by atoms with E-state index in [4.69, 9.17) is 25.8 Å². The fourth-order valence-electron chi connectivity index (χ4n) is 3.28. The molecule has 0 aromatic heterocycles. The maximum Gasteiger partial charge on any atom is 0.329 e. The number of esters is 1. The number of thioether (sulfide) groups is 1. The zero-order valence-corrected chi connectivity index (χ0v) is 19.5. The van der Waals surface area contributed by atoms with Crippen LogP contribution in [0.2, 0.25) is 5.02 Å². The molecule has 0 spiro atoms. The summed E-state index contributed by atoms with van der Waals surface area (Å²) in [5.41, 5.74) is 1.13. The van der Waals surface area contributed by atoms with Crippen LogP contribution in [0, 0.1) is 5.92 Å². The van der Waals surface area contributed by atoms with Gasteiger partial charge >= 0.3 is 5.97 Å². The highest BCUT2D eigenvalue weighted by Gasteiger charge is 2.44. The van der Waals surface area contributed by atoms with E-state index < -0.39 is 17.4 Å². The van der Waals surface area contributed by atoms with E-state index in [1.165, 1.54) is 26.0 Å². The van der Waals surface area contributed by atoms with Gasteiger partial charge in [-0.15, -0.1) is 11.8 Å². The molecule has 2 aromatic carbocycles. The summed E-state index contributed by atoms with van der Waals surface area (Å²) in [6, 6.07) is 11.6. The van der Waals surface area contributed by atoms with E-state index in [1.54, 1.807) is 29.2 Å². The van der Waals surface area contributed by atoms with E-state index in [-0.39, 0.29) is 11.8 Å². The number of carbonyl (C=O) groups excluding carboxylic acids is 2. The normalized spacial score (nSPS) is 18.2. The molecule has 0 bridgehead atoms. The number of halogens is 1. The van der Waals surface area contributed by atoms with E-state index in [0.717, 1.165) is 5.56 Å². The van der Waals surface area contributed by atoms with Gasteiger partial charge in [-0.3, -0.25) is 4.79 Å². The number of hydrogen-bond acceptors (Lipinski definition) is 6. The first-order valence-electron chi connectivity index (χ1n) is 9.94. The van der Waals surface area contributed by atoms with Gasteiger partial charge in [0.05, 0.1) is 20.8 Å². The Labute approximate surface area is 191 Å². The fraction of sp³-hybridized carbons (Fsp3) is 0.391. The van der Waals surface area contributed by atoms with Crippen LogP contribution in [0.1, 0.15) is 35.1 Å². The first-order valence-corrected chi connectivity index (χ1v) is 11.4. The quantitative estimate of drug-likeness (QED) is 0.549. The van der Waals surface area contributed by atoms with E-state index >= 15 is 0 Å². The number of benzene rings is 2. The molecular formula is C23H26ClNO5S. The lowest BCUT2D eigenvalue weighted by atomic mass is 10.1. The van der Waals surface area contributed by atoms with Gasteiger partial charge in [0.25, 0.3) is 5.91 Å². The van der Waals surface area contributed by atoms with E-state index in [9.17, 15) is 9.59 Å². The van der Waals surface area contributed by atoms with Crippen molar-refractivity contribution in [3.05, 3.63) is 58.6 Å². The average Bonchev–Trinajstić information content (AvgIpc) is 3.21. The molecule has 1 aliphatic rings. The monoisotopic (exact) mass is 463 g/mol. The lowest BCUT2D eigenvalue weighted by Crippen LogP contribution is -2.44. The van der Waals surface area contributed by atoms with Crippen LogP contribution in [-0.4, -0.2) is 49.4 Å². The lowest BCUT2D eigenvalue weighted by Gasteiger charge is -2.29. The maximum absolute atomic E-state index is 13.7. The predicted molar refractivity (Wildman–Crippen MR) is 122 cm³/mol. The second kappa shape index (κ2) is 10.3. The van der Waals surface area contributed by atoms with Crippen molar-refractivity contribution in [2.24, 2.45) is 5.92 Å². The van der Waals surface area contributed by atoms with Gasteiger partial charge in [-0.1, -0.05) is 43.6 Å². The third-order valence-corrected chi connectivity index (χ3v) is 6.48. The highest BCUT2D eigenvalue weighted by Crippen LogP contribution is 2.45. The molecule has 0 radical (unpaired) electrons. The molecule has 1 amide bonds. The third-order valence-electron chi connectivity index (χ3n) is 4.84. The zero-order valence-electron chi connectivity index (χ0n) is 18.0. The molecule has 6 nitrogen and oxygen atoms in total. The van der Waals surface area contributed by atoms with Crippen molar-refractivity contribution >= 4 is 35.2 Å². The number of methoxy groups -OCH3 is 2. The minimum atomic E-state index is -0.727.